The van der Waals surface area contributed by atoms with Crippen LogP contribution >= 0.6 is 0 Å². The molecule has 0 aliphatic carbocycles. The maximum atomic E-state index is 6.09. The van der Waals surface area contributed by atoms with Crippen LogP contribution in [0.4, 0.5) is 11.4 Å². The lowest BCUT2D eigenvalue weighted by Crippen LogP contribution is -2.35. The van der Waals surface area contributed by atoms with Gasteiger partial charge in [-0.3, -0.25) is 0 Å². The molecule has 0 atom stereocenters. The number of hydrogen-bond acceptors (Lipinski definition) is 2. The van der Waals surface area contributed by atoms with Crippen LogP contribution in [-0.2, 0) is 0 Å². The molecule has 0 spiro atoms. The molecule has 0 aliphatic heterocycles. The third-order valence-corrected chi connectivity index (χ3v) is 2.74. The van der Waals surface area contributed by atoms with E-state index in [2.05, 4.69) is 45.6 Å². The molecule has 0 amide bonds. The van der Waals surface area contributed by atoms with Crippen molar-refractivity contribution < 1.29 is 0 Å². The van der Waals surface area contributed by atoms with Crippen molar-refractivity contribution in [3.63, 3.8) is 0 Å². The average molecular weight is 220 g/mol. The van der Waals surface area contributed by atoms with Crippen molar-refractivity contribution in [3.05, 3.63) is 23.8 Å². The number of anilines is 2. The number of aryl methyl sites for hydroxylation is 1. The molecule has 0 heterocycles. The van der Waals surface area contributed by atoms with Crippen molar-refractivity contribution in [1.29, 1.82) is 0 Å². The van der Waals surface area contributed by atoms with Gasteiger partial charge in [0.15, 0.2) is 0 Å². The first-order valence-corrected chi connectivity index (χ1v) is 6.05. The zero-order chi connectivity index (χ0) is 12.3. The number of hydrogen-bond donors (Lipinski definition) is 1. The molecule has 16 heavy (non-hydrogen) atoms. The summed E-state index contributed by atoms with van der Waals surface area (Å²) in [5, 5.41) is 0. The fourth-order valence-corrected chi connectivity index (χ4v) is 2.03. The van der Waals surface area contributed by atoms with Crippen molar-refractivity contribution >= 4 is 11.4 Å². The number of rotatable bonds is 4. The van der Waals surface area contributed by atoms with E-state index in [0.717, 1.165) is 12.2 Å². The summed E-state index contributed by atoms with van der Waals surface area (Å²) in [6.45, 7) is 12.1. The van der Waals surface area contributed by atoms with Gasteiger partial charge in [-0.15, -0.1) is 0 Å². The van der Waals surface area contributed by atoms with Crippen molar-refractivity contribution in [3.8, 4) is 0 Å². The molecule has 0 aliphatic rings. The first kappa shape index (κ1) is 12.9. The maximum absolute atomic E-state index is 6.09. The van der Waals surface area contributed by atoms with Gasteiger partial charge in [0.05, 0.1) is 11.4 Å². The Kier molecular flexibility index (Phi) is 4.22. The van der Waals surface area contributed by atoms with Crippen LogP contribution in [0.1, 0.15) is 33.3 Å². The molecule has 1 rings (SSSR count). The average Bonchev–Trinajstić information content (AvgIpc) is 2.15. The van der Waals surface area contributed by atoms with E-state index in [1.165, 1.54) is 11.3 Å². The van der Waals surface area contributed by atoms with E-state index in [-0.39, 0.29) is 0 Å². The number of nitrogens with two attached hydrogens (primary N) is 1. The molecule has 90 valence electrons. The number of benzene rings is 1. The highest BCUT2D eigenvalue weighted by molar-refractivity contribution is 5.71. The number of nitrogens with zero attached hydrogens (tertiary/aromatic N) is 1. The summed E-state index contributed by atoms with van der Waals surface area (Å²) >= 11 is 0. The third kappa shape index (κ3) is 2.91. The standard InChI is InChI=1S/C14H24N2/c1-10(2)9-16(11(3)4)14-12(5)7-6-8-13(14)15/h6-8,10-11H,9,15H2,1-5H3. The Hall–Kier alpha value is -1.18. The van der Waals surface area contributed by atoms with Crippen molar-refractivity contribution in [2.45, 2.75) is 40.7 Å². The van der Waals surface area contributed by atoms with Crippen LogP contribution in [0.3, 0.4) is 0 Å². The summed E-state index contributed by atoms with van der Waals surface area (Å²) in [7, 11) is 0. The first-order valence-electron chi connectivity index (χ1n) is 6.05. The predicted octanol–water partition coefficient (Wildman–Crippen LogP) is 3.45. The number of nitrogen functional groups attached to an aromatic ring is 1. The fourth-order valence-electron chi connectivity index (χ4n) is 2.03. The van der Waals surface area contributed by atoms with Gasteiger partial charge in [-0.25, -0.2) is 0 Å². The van der Waals surface area contributed by atoms with Crippen LogP contribution in [-0.4, -0.2) is 12.6 Å². The molecule has 0 unspecified atom stereocenters. The van der Waals surface area contributed by atoms with Crippen molar-refractivity contribution in [2.75, 3.05) is 17.2 Å². The van der Waals surface area contributed by atoms with E-state index in [9.17, 15) is 0 Å². The fraction of sp³-hybridized carbons (Fsp3) is 0.571. The van der Waals surface area contributed by atoms with Gasteiger partial charge < -0.3 is 10.6 Å². The molecule has 2 N–H and O–H groups in total. The Morgan fingerprint density at radius 3 is 2.25 bits per heavy atom. The monoisotopic (exact) mass is 220 g/mol. The minimum atomic E-state index is 0.478. The zero-order valence-electron chi connectivity index (χ0n) is 11.1. The summed E-state index contributed by atoms with van der Waals surface area (Å²) in [6, 6.07) is 6.60. The van der Waals surface area contributed by atoms with Gasteiger partial charge in [-0.05, 0) is 38.3 Å². The Morgan fingerprint density at radius 1 is 1.19 bits per heavy atom. The van der Waals surface area contributed by atoms with Crippen LogP contribution < -0.4 is 10.6 Å². The van der Waals surface area contributed by atoms with E-state index in [1.807, 2.05) is 12.1 Å². The molecule has 0 saturated heterocycles. The van der Waals surface area contributed by atoms with E-state index in [1.54, 1.807) is 0 Å². The summed E-state index contributed by atoms with van der Waals surface area (Å²) in [6.07, 6.45) is 0. The molecular weight excluding hydrogens is 196 g/mol. The Bertz CT molecular complexity index is 322. The van der Waals surface area contributed by atoms with Gasteiger partial charge in [-0.2, -0.15) is 0 Å². The van der Waals surface area contributed by atoms with Gasteiger partial charge >= 0.3 is 0 Å². The van der Waals surface area contributed by atoms with Crippen LogP contribution in [0.15, 0.2) is 18.2 Å². The summed E-state index contributed by atoms with van der Waals surface area (Å²) in [5.74, 6) is 0.640. The molecule has 0 bridgehead atoms. The predicted molar refractivity (Wildman–Crippen MR) is 72.9 cm³/mol. The zero-order valence-corrected chi connectivity index (χ0v) is 11.1. The molecule has 0 fully saturated rings. The van der Waals surface area contributed by atoms with Gasteiger partial charge in [0.2, 0.25) is 0 Å². The van der Waals surface area contributed by atoms with E-state index in [0.29, 0.717) is 12.0 Å². The summed E-state index contributed by atoms with van der Waals surface area (Å²) in [5.41, 5.74) is 9.44. The Balaban J connectivity index is 3.10. The highest BCUT2D eigenvalue weighted by atomic mass is 15.2. The van der Waals surface area contributed by atoms with Gasteiger partial charge in [0.1, 0.15) is 0 Å². The number of para-hydroxylation sites is 1. The topological polar surface area (TPSA) is 29.3 Å². The largest absolute Gasteiger partial charge is 0.397 e. The Morgan fingerprint density at radius 2 is 1.81 bits per heavy atom. The lowest BCUT2D eigenvalue weighted by molar-refractivity contribution is 0.570. The van der Waals surface area contributed by atoms with Crippen LogP contribution in [0.5, 0.6) is 0 Å². The summed E-state index contributed by atoms with van der Waals surface area (Å²) in [4.78, 5) is 2.40. The van der Waals surface area contributed by atoms with Crippen LogP contribution in [0, 0.1) is 12.8 Å². The minimum absolute atomic E-state index is 0.478. The maximum Gasteiger partial charge on any atom is 0.0632 e. The van der Waals surface area contributed by atoms with Crippen molar-refractivity contribution in [1.82, 2.24) is 0 Å². The molecule has 2 heteroatoms. The van der Waals surface area contributed by atoms with E-state index < -0.39 is 0 Å². The first-order chi connectivity index (χ1) is 7.43. The summed E-state index contributed by atoms with van der Waals surface area (Å²) < 4.78 is 0. The SMILES string of the molecule is Cc1cccc(N)c1N(CC(C)C)C(C)C. The molecule has 1 aromatic rings. The molecule has 0 aromatic heterocycles. The molecular formula is C14H24N2. The molecule has 0 radical (unpaired) electrons. The second kappa shape index (κ2) is 5.24. The molecule has 0 saturated carbocycles. The van der Waals surface area contributed by atoms with Crippen LogP contribution in [0.25, 0.3) is 0 Å². The molecule has 2 nitrogen and oxygen atoms in total. The normalized spacial score (nSPS) is 11.2. The second-order valence-corrected chi connectivity index (χ2v) is 5.15. The second-order valence-electron chi connectivity index (χ2n) is 5.15. The van der Waals surface area contributed by atoms with E-state index >= 15 is 0 Å². The van der Waals surface area contributed by atoms with Crippen molar-refractivity contribution in [2.24, 2.45) is 5.92 Å². The lowest BCUT2D eigenvalue weighted by atomic mass is 10.1. The van der Waals surface area contributed by atoms with Crippen LogP contribution in [0.2, 0.25) is 0 Å². The van der Waals surface area contributed by atoms with Gasteiger partial charge in [0, 0.05) is 12.6 Å². The quantitative estimate of drug-likeness (QED) is 0.787. The molecule has 1 aromatic carbocycles. The highest BCUT2D eigenvalue weighted by Gasteiger charge is 2.16. The van der Waals surface area contributed by atoms with Gasteiger partial charge in [0.25, 0.3) is 0 Å². The third-order valence-electron chi connectivity index (χ3n) is 2.74. The highest BCUT2D eigenvalue weighted by Crippen LogP contribution is 2.29. The lowest BCUT2D eigenvalue weighted by Gasteiger charge is -2.33. The van der Waals surface area contributed by atoms with Gasteiger partial charge in [-0.1, -0.05) is 26.0 Å². The Labute approximate surface area is 99.5 Å². The smallest absolute Gasteiger partial charge is 0.0632 e. The van der Waals surface area contributed by atoms with E-state index in [4.69, 9.17) is 5.73 Å². The minimum Gasteiger partial charge on any atom is -0.397 e.